The Bertz CT molecular complexity index is 572. The van der Waals surface area contributed by atoms with E-state index in [0.29, 0.717) is 25.3 Å². The number of phenolic OH excluding ortho intramolecular Hbond substituents is 1. The first kappa shape index (κ1) is 14.3. The number of ether oxygens (including phenoxy) is 1. The maximum absolute atomic E-state index is 13.3. The van der Waals surface area contributed by atoms with E-state index in [2.05, 4.69) is 5.32 Å². The third-order valence-corrected chi connectivity index (χ3v) is 3.02. The lowest BCUT2D eigenvalue weighted by Crippen LogP contribution is -2.04. The van der Waals surface area contributed by atoms with E-state index < -0.39 is 5.82 Å². The molecule has 2 aromatic carbocycles. The summed E-state index contributed by atoms with van der Waals surface area (Å²) in [4.78, 5) is 0. The quantitative estimate of drug-likeness (QED) is 0.845. The fraction of sp³-hybridized carbons (Fsp3) is 0.250. The molecule has 2 N–H and O–H groups in total. The van der Waals surface area contributed by atoms with Crippen LogP contribution < -0.4 is 5.32 Å². The largest absolute Gasteiger partial charge is 0.505 e. The monoisotopic (exact) mass is 275 g/mol. The summed E-state index contributed by atoms with van der Waals surface area (Å²) in [5, 5.41) is 12.8. The van der Waals surface area contributed by atoms with Crippen LogP contribution in [0.4, 0.5) is 10.1 Å². The number of anilines is 1. The Morgan fingerprint density at radius 1 is 1.10 bits per heavy atom. The molecule has 0 bridgehead atoms. The zero-order valence-electron chi connectivity index (χ0n) is 11.4. The van der Waals surface area contributed by atoms with Crippen molar-refractivity contribution >= 4 is 5.69 Å². The molecule has 0 amide bonds. The van der Waals surface area contributed by atoms with Crippen LogP contribution in [0.25, 0.3) is 0 Å². The van der Waals surface area contributed by atoms with Gasteiger partial charge >= 0.3 is 0 Å². The minimum absolute atomic E-state index is 0.303. The van der Waals surface area contributed by atoms with Gasteiger partial charge in [0.25, 0.3) is 0 Å². The molecule has 0 unspecified atom stereocenters. The average molecular weight is 275 g/mol. The minimum atomic E-state index is -0.605. The summed E-state index contributed by atoms with van der Waals surface area (Å²) in [6.07, 6.45) is 0. The second-order valence-corrected chi connectivity index (χ2v) is 4.40. The number of nitrogens with one attached hydrogen (secondary N) is 1. The van der Waals surface area contributed by atoms with Crippen molar-refractivity contribution in [1.82, 2.24) is 0 Å². The van der Waals surface area contributed by atoms with Gasteiger partial charge in [0.2, 0.25) is 0 Å². The van der Waals surface area contributed by atoms with Gasteiger partial charge < -0.3 is 15.2 Å². The third-order valence-electron chi connectivity index (χ3n) is 3.02. The van der Waals surface area contributed by atoms with E-state index in [1.807, 2.05) is 31.2 Å². The molecule has 2 aromatic rings. The van der Waals surface area contributed by atoms with Gasteiger partial charge in [-0.3, -0.25) is 0 Å². The van der Waals surface area contributed by atoms with Crippen molar-refractivity contribution in [2.24, 2.45) is 0 Å². The topological polar surface area (TPSA) is 41.5 Å². The van der Waals surface area contributed by atoms with E-state index in [1.54, 1.807) is 12.1 Å². The van der Waals surface area contributed by atoms with Crippen LogP contribution >= 0.6 is 0 Å². The molecule has 0 saturated carbocycles. The smallest absolute Gasteiger partial charge is 0.165 e. The zero-order chi connectivity index (χ0) is 14.4. The Morgan fingerprint density at radius 3 is 2.65 bits per heavy atom. The van der Waals surface area contributed by atoms with Crippen LogP contribution in [0.3, 0.4) is 0 Å². The highest BCUT2D eigenvalue weighted by atomic mass is 19.1. The SMILES string of the molecule is CCOCc1ccccc1NCc1cccc(F)c1O. The fourth-order valence-electron chi connectivity index (χ4n) is 1.92. The molecule has 2 rings (SSSR count). The van der Waals surface area contributed by atoms with Gasteiger partial charge in [-0.1, -0.05) is 30.3 Å². The van der Waals surface area contributed by atoms with Gasteiger partial charge in [-0.25, -0.2) is 4.39 Å². The lowest BCUT2D eigenvalue weighted by molar-refractivity contribution is 0.134. The molecule has 20 heavy (non-hydrogen) atoms. The number of benzene rings is 2. The van der Waals surface area contributed by atoms with Gasteiger partial charge in [0.1, 0.15) is 0 Å². The van der Waals surface area contributed by atoms with Crippen molar-refractivity contribution in [3.8, 4) is 5.75 Å². The molecule has 3 nitrogen and oxygen atoms in total. The number of hydrogen-bond donors (Lipinski definition) is 2. The average Bonchev–Trinajstić information content (AvgIpc) is 2.47. The van der Waals surface area contributed by atoms with Crippen molar-refractivity contribution in [3.63, 3.8) is 0 Å². The first-order chi connectivity index (χ1) is 9.72. The lowest BCUT2D eigenvalue weighted by atomic mass is 10.1. The number of aromatic hydroxyl groups is 1. The van der Waals surface area contributed by atoms with Gasteiger partial charge in [0, 0.05) is 30.0 Å². The van der Waals surface area contributed by atoms with Crippen molar-refractivity contribution in [2.45, 2.75) is 20.1 Å². The lowest BCUT2D eigenvalue weighted by Gasteiger charge is -2.13. The van der Waals surface area contributed by atoms with E-state index in [0.717, 1.165) is 11.3 Å². The fourth-order valence-corrected chi connectivity index (χ4v) is 1.92. The molecular weight excluding hydrogens is 257 g/mol. The third kappa shape index (κ3) is 3.48. The maximum atomic E-state index is 13.3. The number of para-hydroxylation sites is 2. The highest BCUT2D eigenvalue weighted by Gasteiger charge is 2.07. The van der Waals surface area contributed by atoms with Gasteiger partial charge in [0.15, 0.2) is 11.6 Å². The maximum Gasteiger partial charge on any atom is 0.165 e. The molecule has 4 heteroatoms. The second-order valence-electron chi connectivity index (χ2n) is 4.40. The van der Waals surface area contributed by atoms with E-state index in [9.17, 15) is 9.50 Å². The molecule has 0 aliphatic rings. The van der Waals surface area contributed by atoms with Gasteiger partial charge in [-0.15, -0.1) is 0 Å². The van der Waals surface area contributed by atoms with E-state index >= 15 is 0 Å². The Kier molecular flexibility index (Phi) is 4.96. The van der Waals surface area contributed by atoms with Crippen LogP contribution in [-0.2, 0) is 17.9 Å². The molecule has 106 valence electrons. The summed E-state index contributed by atoms with van der Waals surface area (Å²) in [6.45, 7) is 3.47. The van der Waals surface area contributed by atoms with Crippen LogP contribution in [0.1, 0.15) is 18.1 Å². The Hall–Kier alpha value is -2.07. The molecule has 0 spiro atoms. The molecule has 0 saturated heterocycles. The standard InChI is InChI=1S/C16H18FNO2/c1-2-20-11-13-6-3-4-9-15(13)18-10-12-7-5-8-14(17)16(12)19/h3-9,18-19H,2,10-11H2,1H3. The summed E-state index contributed by atoms with van der Waals surface area (Å²) < 4.78 is 18.7. The number of phenols is 1. The van der Waals surface area contributed by atoms with Gasteiger partial charge in [-0.05, 0) is 19.1 Å². The van der Waals surface area contributed by atoms with Crippen LogP contribution in [0, 0.1) is 5.82 Å². The molecule has 0 atom stereocenters. The van der Waals surface area contributed by atoms with E-state index in [4.69, 9.17) is 4.74 Å². The van der Waals surface area contributed by atoms with Crippen molar-refractivity contribution in [3.05, 3.63) is 59.4 Å². The molecule has 0 heterocycles. The molecule has 0 fully saturated rings. The molecule has 0 aromatic heterocycles. The number of rotatable bonds is 6. The molecular formula is C16H18FNO2. The summed E-state index contributed by atoms with van der Waals surface area (Å²) in [5.74, 6) is -0.908. The van der Waals surface area contributed by atoms with E-state index in [1.165, 1.54) is 6.07 Å². The number of hydrogen-bond acceptors (Lipinski definition) is 3. The highest BCUT2D eigenvalue weighted by Crippen LogP contribution is 2.23. The predicted molar refractivity (Wildman–Crippen MR) is 77.2 cm³/mol. The molecule has 0 aliphatic heterocycles. The van der Waals surface area contributed by atoms with Crippen LogP contribution in [0.15, 0.2) is 42.5 Å². The number of halogens is 1. The second kappa shape index (κ2) is 6.91. The van der Waals surface area contributed by atoms with E-state index in [-0.39, 0.29) is 5.75 Å². The van der Waals surface area contributed by atoms with Crippen molar-refractivity contribution in [2.75, 3.05) is 11.9 Å². The van der Waals surface area contributed by atoms with Crippen LogP contribution in [0.5, 0.6) is 5.75 Å². The molecule has 0 radical (unpaired) electrons. The normalized spacial score (nSPS) is 10.5. The summed E-state index contributed by atoms with van der Waals surface area (Å²) >= 11 is 0. The first-order valence-electron chi connectivity index (χ1n) is 6.58. The van der Waals surface area contributed by atoms with Gasteiger partial charge in [-0.2, -0.15) is 0 Å². The van der Waals surface area contributed by atoms with Crippen molar-refractivity contribution < 1.29 is 14.2 Å². The van der Waals surface area contributed by atoms with Crippen molar-refractivity contribution in [1.29, 1.82) is 0 Å². The Morgan fingerprint density at radius 2 is 1.85 bits per heavy atom. The first-order valence-corrected chi connectivity index (χ1v) is 6.58. The van der Waals surface area contributed by atoms with Crippen LogP contribution in [-0.4, -0.2) is 11.7 Å². The summed E-state index contributed by atoms with van der Waals surface area (Å²) in [6, 6.07) is 12.3. The minimum Gasteiger partial charge on any atom is -0.505 e. The Balaban J connectivity index is 2.09. The zero-order valence-corrected chi connectivity index (χ0v) is 11.4. The van der Waals surface area contributed by atoms with Crippen LogP contribution in [0.2, 0.25) is 0 Å². The molecule has 0 aliphatic carbocycles. The Labute approximate surface area is 118 Å². The predicted octanol–water partition coefficient (Wildman–Crippen LogP) is 3.68. The summed E-state index contributed by atoms with van der Waals surface area (Å²) in [5.41, 5.74) is 2.48. The summed E-state index contributed by atoms with van der Waals surface area (Å²) in [7, 11) is 0. The highest BCUT2D eigenvalue weighted by molar-refractivity contribution is 5.51. The van der Waals surface area contributed by atoms with Gasteiger partial charge in [0.05, 0.1) is 6.61 Å².